The average molecular weight is 296 g/mol. The average Bonchev–Trinajstić information content (AvgIpc) is 2.76. The highest BCUT2D eigenvalue weighted by Gasteiger charge is 2.37. The fourth-order valence-corrected chi connectivity index (χ4v) is 2.81. The molecule has 0 amide bonds. The number of carbonyl (C=O) groups is 1. The fourth-order valence-electron chi connectivity index (χ4n) is 2.81. The van der Waals surface area contributed by atoms with Crippen molar-refractivity contribution < 1.29 is 14.8 Å². The molecule has 2 rings (SSSR count). The summed E-state index contributed by atoms with van der Waals surface area (Å²) in [4.78, 5) is 24.0. The summed E-state index contributed by atoms with van der Waals surface area (Å²) in [6.07, 6.45) is 2.13. The molecule has 0 aromatic carbocycles. The first-order chi connectivity index (χ1) is 9.84. The lowest BCUT2D eigenvalue weighted by Gasteiger charge is -2.34. The van der Waals surface area contributed by atoms with Gasteiger partial charge in [0.1, 0.15) is 11.7 Å². The third kappa shape index (κ3) is 2.70. The topological polar surface area (TPSA) is 102 Å². The fraction of sp³-hybridized carbons (Fsp3) is 0.692. The van der Waals surface area contributed by atoms with E-state index in [2.05, 4.69) is 5.10 Å². The monoisotopic (exact) mass is 296 g/mol. The van der Waals surface area contributed by atoms with Gasteiger partial charge in [0.05, 0.1) is 4.92 Å². The molecule has 1 saturated heterocycles. The molecule has 0 spiro atoms. The Labute approximate surface area is 122 Å². The molecule has 1 aliphatic heterocycles. The van der Waals surface area contributed by atoms with E-state index >= 15 is 0 Å². The molecule has 1 N–H and O–H groups in total. The first-order valence-corrected chi connectivity index (χ1v) is 7.07. The number of rotatable bonds is 4. The lowest BCUT2D eigenvalue weighted by atomic mass is 10.0. The zero-order chi connectivity index (χ0) is 15.7. The quantitative estimate of drug-likeness (QED) is 0.674. The highest BCUT2D eigenvalue weighted by molar-refractivity contribution is 5.80. The van der Waals surface area contributed by atoms with E-state index in [4.69, 9.17) is 0 Å². The van der Waals surface area contributed by atoms with Gasteiger partial charge in [-0.25, -0.2) is 9.48 Å². The van der Waals surface area contributed by atoms with Crippen molar-refractivity contribution in [1.82, 2.24) is 9.78 Å². The molecular weight excluding hydrogens is 276 g/mol. The van der Waals surface area contributed by atoms with E-state index in [1.807, 2.05) is 13.8 Å². The minimum absolute atomic E-state index is 0.0798. The molecule has 116 valence electrons. The predicted molar refractivity (Wildman–Crippen MR) is 76.6 cm³/mol. The van der Waals surface area contributed by atoms with Gasteiger partial charge in [0.2, 0.25) is 5.82 Å². The van der Waals surface area contributed by atoms with Crippen molar-refractivity contribution in [2.24, 2.45) is 0 Å². The standard InChI is InChI=1S/C13H20N4O4/c1-8(2)16-12(11(17(20)21)9(3)14-16)15-7-5-4-6-10(15)13(18)19/h8,10H,4-7H2,1-3H3,(H,18,19). The van der Waals surface area contributed by atoms with Gasteiger partial charge in [0, 0.05) is 12.6 Å². The van der Waals surface area contributed by atoms with E-state index in [-0.39, 0.29) is 11.7 Å². The molecule has 2 heterocycles. The number of piperidine rings is 1. The second-order valence-electron chi connectivity index (χ2n) is 5.60. The van der Waals surface area contributed by atoms with Crippen LogP contribution >= 0.6 is 0 Å². The van der Waals surface area contributed by atoms with Crippen LogP contribution in [0.5, 0.6) is 0 Å². The third-order valence-corrected chi connectivity index (χ3v) is 3.76. The minimum Gasteiger partial charge on any atom is -0.480 e. The van der Waals surface area contributed by atoms with Crippen LogP contribution in [0.25, 0.3) is 0 Å². The zero-order valence-electron chi connectivity index (χ0n) is 12.4. The van der Waals surface area contributed by atoms with Crippen molar-refractivity contribution in [2.45, 2.75) is 52.1 Å². The van der Waals surface area contributed by atoms with E-state index in [9.17, 15) is 20.0 Å². The van der Waals surface area contributed by atoms with Crippen molar-refractivity contribution in [1.29, 1.82) is 0 Å². The maximum atomic E-state index is 11.5. The molecule has 1 aromatic heterocycles. The number of carboxylic acids is 1. The number of hydrogen-bond acceptors (Lipinski definition) is 5. The molecular formula is C13H20N4O4. The highest BCUT2D eigenvalue weighted by Crippen LogP contribution is 2.37. The summed E-state index contributed by atoms with van der Waals surface area (Å²) < 4.78 is 1.56. The lowest BCUT2D eigenvalue weighted by Crippen LogP contribution is -2.46. The number of nitrogens with zero attached hydrogens (tertiary/aromatic N) is 4. The second-order valence-corrected chi connectivity index (χ2v) is 5.60. The largest absolute Gasteiger partial charge is 0.480 e. The number of aryl methyl sites for hydroxylation is 1. The van der Waals surface area contributed by atoms with Crippen LogP contribution in [0.15, 0.2) is 0 Å². The molecule has 21 heavy (non-hydrogen) atoms. The van der Waals surface area contributed by atoms with E-state index in [0.29, 0.717) is 24.5 Å². The number of hydrogen-bond donors (Lipinski definition) is 1. The zero-order valence-corrected chi connectivity index (χ0v) is 12.4. The normalized spacial score (nSPS) is 19.0. The molecule has 1 fully saturated rings. The van der Waals surface area contributed by atoms with Crippen LogP contribution < -0.4 is 4.90 Å². The van der Waals surface area contributed by atoms with E-state index in [0.717, 1.165) is 12.8 Å². The summed E-state index contributed by atoms with van der Waals surface area (Å²) >= 11 is 0. The molecule has 8 heteroatoms. The SMILES string of the molecule is Cc1nn(C(C)C)c(N2CCCCC2C(=O)O)c1[N+](=O)[O-]. The summed E-state index contributed by atoms with van der Waals surface area (Å²) in [5.74, 6) is -0.627. The Hall–Kier alpha value is -2.12. The van der Waals surface area contributed by atoms with Gasteiger partial charge in [-0.3, -0.25) is 10.1 Å². The Kier molecular flexibility index (Phi) is 4.15. The van der Waals surface area contributed by atoms with Gasteiger partial charge in [-0.2, -0.15) is 5.10 Å². The third-order valence-electron chi connectivity index (χ3n) is 3.76. The Morgan fingerprint density at radius 3 is 2.67 bits per heavy atom. The van der Waals surface area contributed by atoms with E-state index < -0.39 is 16.9 Å². The van der Waals surface area contributed by atoms with Crippen LogP contribution in [-0.4, -0.2) is 38.4 Å². The molecule has 0 bridgehead atoms. The Bertz CT molecular complexity index is 567. The summed E-state index contributed by atoms with van der Waals surface area (Å²) in [6, 6.07) is -0.810. The van der Waals surface area contributed by atoms with Gasteiger partial charge in [-0.1, -0.05) is 0 Å². The second kappa shape index (κ2) is 5.71. The van der Waals surface area contributed by atoms with Gasteiger partial charge in [-0.05, 0) is 40.0 Å². The Morgan fingerprint density at radius 2 is 2.14 bits per heavy atom. The van der Waals surface area contributed by atoms with Crippen LogP contribution in [0.4, 0.5) is 11.5 Å². The molecule has 0 saturated carbocycles. The number of nitro groups is 1. The van der Waals surface area contributed by atoms with Gasteiger partial charge in [0.15, 0.2) is 0 Å². The summed E-state index contributed by atoms with van der Waals surface area (Å²) in [5.41, 5.74) is 0.232. The maximum absolute atomic E-state index is 11.5. The van der Waals surface area contributed by atoms with Crippen molar-refractivity contribution in [3.63, 3.8) is 0 Å². The minimum atomic E-state index is -0.946. The van der Waals surface area contributed by atoms with Crippen molar-refractivity contribution in [2.75, 3.05) is 11.4 Å². The van der Waals surface area contributed by atoms with Crippen LogP contribution in [0.1, 0.15) is 44.8 Å². The number of carboxylic acid groups (broad SMARTS) is 1. The maximum Gasteiger partial charge on any atom is 0.333 e. The molecule has 1 aromatic rings. The van der Waals surface area contributed by atoms with Crippen LogP contribution in [0.2, 0.25) is 0 Å². The molecule has 0 aliphatic carbocycles. The number of aromatic nitrogens is 2. The molecule has 0 radical (unpaired) electrons. The Balaban J connectivity index is 2.59. The summed E-state index contributed by atoms with van der Waals surface area (Å²) in [7, 11) is 0. The van der Waals surface area contributed by atoms with Gasteiger partial charge < -0.3 is 10.0 Å². The van der Waals surface area contributed by atoms with E-state index in [1.165, 1.54) is 0 Å². The molecule has 1 aliphatic rings. The van der Waals surface area contributed by atoms with Crippen LogP contribution in [-0.2, 0) is 4.79 Å². The predicted octanol–water partition coefficient (Wildman–Crippen LogP) is 2.12. The van der Waals surface area contributed by atoms with Crippen LogP contribution in [0.3, 0.4) is 0 Å². The molecule has 8 nitrogen and oxygen atoms in total. The van der Waals surface area contributed by atoms with Crippen molar-refractivity contribution in [3.05, 3.63) is 15.8 Å². The number of aliphatic carboxylic acids is 1. The first kappa shape index (κ1) is 15.3. The molecule has 1 atom stereocenters. The number of anilines is 1. The van der Waals surface area contributed by atoms with Crippen molar-refractivity contribution >= 4 is 17.5 Å². The summed E-state index contributed by atoms with van der Waals surface area (Å²) in [5, 5.41) is 25.0. The van der Waals surface area contributed by atoms with Crippen molar-refractivity contribution in [3.8, 4) is 0 Å². The lowest BCUT2D eigenvalue weighted by molar-refractivity contribution is -0.384. The van der Waals surface area contributed by atoms with Gasteiger partial charge in [-0.15, -0.1) is 0 Å². The smallest absolute Gasteiger partial charge is 0.333 e. The van der Waals surface area contributed by atoms with Gasteiger partial charge in [0.25, 0.3) is 0 Å². The molecule has 1 unspecified atom stereocenters. The Morgan fingerprint density at radius 1 is 1.48 bits per heavy atom. The highest BCUT2D eigenvalue weighted by atomic mass is 16.6. The first-order valence-electron chi connectivity index (χ1n) is 7.07. The van der Waals surface area contributed by atoms with Crippen LogP contribution in [0, 0.1) is 17.0 Å². The summed E-state index contributed by atoms with van der Waals surface area (Å²) in [6.45, 7) is 5.83. The van der Waals surface area contributed by atoms with E-state index in [1.54, 1.807) is 16.5 Å². The van der Waals surface area contributed by atoms with Gasteiger partial charge >= 0.3 is 11.7 Å².